The molecule has 0 saturated heterocycles. The molecule has 92 valence electrons. The summed E-state index contributed by atoms with van der Waals surface area (Å²) in [5, 5.41) is 11.0. The average molecular weight is 240 g/mol. The Bertz CT molecular complexity index is 584. The summed E-state index contributed by atoms with van der Waals surface area (Å²) in [6.45, 7) is 4.04. The molecule has 2 nitrogen and oxygen atoms in total. The zero-order valence-electron chi connectivity index (χ0n) is 10.2. The number of carboxylic acids is 1. The van der Waals surface area contributed by atoms with Gasteiger partial charge in [-0.15, -0.1) is 0 Å². The van der Waals surface area contributed by atoms with Crippen LogP contribution >= 0.6 is 0 Å². The van der Waals surface area contributed by atoms with Crippen LogP contribution in [0.2, 0.25) is 0 Å². The third-order valence-electron chi connectivity index (χ3n) is 3.03. The molecule has 2 aromatic carbocycles. The molecular formula is C16H16O2. The van der Waals surface area contributed by atoms with Crippen LogP contribution in [0.1, 0.15) is 24.8 Å². The van der Waals surface area contributed by atoms with E-state index >= 15 is 0 Å². The first-order valence-electron chi connectivity index (χ1n) is 6.05. The lowest BCUT2D eigenvalue weighted by Gasteiger charge is -2.06. The van der Waals surface area contributed by atoms with Crippen molar-refractivity contribution in [1.29, 1.82) is 0 Å². The minimum Gasteiger partial charge on any atom is -0.481 e. The summed E-state index contributed by atoms with van der Waals surface area (Å²) in [4.78, 5) is 10.5. The largest absolute Gasteiger partial charge is 0.481 e. The fourth-order valence-electron chi connectivity index (χ4n) is 2.01. The summed E-state index contributed by atoms with van der Waals surface area (Å²) < 4.78 is 0. The molecule has 0 atom stereocenters. The van der Waals surface area contributed by atoms with Crippen molar-refractivity contribution >= 4 is 22.3 Å². The smallest absolute Gasteiger partial charge is 0.303 e. The van der Waals surface area contributed by atoms with Gasteiger partial charge in [0.1, 0.15) is 0 Å². The van der Waals surface area contributed by atoms with Gasteiger partial charge in [-0.1, -0.05) is 43.0 Å². The fraction of sp³-hybridized carbons (Fsp3) is 0.188. The molecule has 0 aliphatic rings. The van der Waals surface area contributed by atoms with Crippen LogP contribution in [0.3, 0.4) is 0 Å². The number of rotatable bonds is 5. The normalized spacial score (nSPS) is 10.4. The highest BCUT2D eigenvalue weighted by atomic mass is 16.4. The fourth-order valence-corrected chi connectivity index (χ4v) is 2.01. The van der Waals surface area contributed by atoms with Crippen LogP contribution in [-0.2, 0) is 4.79 Å². The van der Waals surface area contributed by atoms with Crippen molar-refractivity contribution in [2.45, 2.75) is 19.3 Å². The van der Waals surface area contributed by atoms with E-state index in [1.165, 1.54) is 10.8 Å². The Hall–Kier alpha value is -2.09. The molecule has 2 aromatic rings. The molecule has 0 radical (unpaired) electrons. The average Bonchev–Trinajstić information content (AvgIpc) is 2.37. The third-order valence-corrected chi connectivity index (χ3v) is 3.03. The van der Waals surface area contributed by atoms with Crippen molar-refractivity contribution in [2.24, 2.45) is 0 Å². The van der Waals surface area contributed by atoms with Crippen molar-refractivity contribution in [1.82, 2.24) is 0 Å². The molecule has 0 aromatic heterocycles. The van der Waals surface area contributed by atoms with E-state index in [0.717, 1.165) is 17.6 Å². The molecule has 0 aliphatic heterocycles. The monoisotopic (exact) mass is 240 g/mol. The second-order valence-electron chi connectivity index (χ2n) is 4.41. The van der Waals surface area contributed by atoms with E-state index in [4.69, 9.17) is 5.11 Å². The van der Waals surface area contributed by atoms with Gasteiger partial charge in [0.2, 0.25) is 0 Å². The van der Waals surface area contributed by atoms with Gasteiger partial charge in [0, 0.05) is 6.42 Å². The van der Waals surface area contributed by atoms with Gasteiger partial charge in [0.05, 0.1) is 0 Å². The molecule has 0 bridgehead atoms. The van der Waals surface area contributed by atoms with Gasteiger partial charge >= 0.3 is 5.97 Å². The Morgan fingerprint density at radius 2 is 1.78 bits per heavy atom. The van der Waals surface area contributed by atoms with E-state index in [2.05, 4.69) is 30.8 Å². The summed E-state index contributed by atoms with van der Waals surface area (Å²) in [5.74, 6) is -0.749. The zero-order valence-corrected chi connectivity index (χ0v) is 10.2. The van der Waals surface area contributed by atoms with Gasteiger partial charge in [-0.25, -0.2) is 0 Å². The molecule has 0 unspecified atom stereocenters. The van der Waals surface area contributed by atoms with Gasteiger partial charge in [0.15, 0.2) is 0 Å². The SMILES string of the molecule is C=C(CCCC(=O)O)c1ccc2ccccc2c1. The van der Waals surface area contributed by atoms with Gasteiger partial charge in [-0.05, 0) is 40.8 Å². The minimum absolute atomic E-state index is 0.201. The number of hydrogen-bond donors (Lipinski definition) is 1. The molecule has 1 N–H and O–H groups in total. The van der Waals surface area contributed by atoms with Crippen LogP contribution < -0.4 is 0 Å². The molecule has 0 aliphatic carbocycles. The molecule has 0 spiro atoms. The van der Waals surface area contributed by atoms with Gasteiger partial charge < -0.3 is 5.11 Å². The number of allylic oxidation sites excluding steroid dienone is 1. The zero-order chi connectivity index (χ0) is 13.0. The molecular weight excluding hydrogens is 224 g/mol. The molecule has 0 heterocycles. The summed E-state index contributed by atoms with van der Waals surface area (Å²) in [7, 11) is 0. The Labute approximate surface area is 107 Å². The van der Waals surface area contributed by atoms with Crippen molar-refractivity contribution in [2.75, 3.05) is 0 Å². The predicted octanol–water partition coefficient (Wildman–Crippen LogP) is 4.11. The molecule has 2 rings (SSSR count). The highest BCUT2D eigenvalue weighted by molar-refractivity contribution is 5.86. The maximum absolute atomic E-state index is 10.5. The second kappa shape index (κ2) is 5.50. The lowest BCUT2D eigenvalue weighted by molar-refractivity contribution is -0.137. The highest BCUT2D eigenvalue weighted by Crippen LogP contribution is 2.23. The first-order chi connectivity index (χ1) is 8.66. The number of carboxylic acid groups (broad SMARTS) is 1. The first kappa shape index (κ1) is 12.4. The summed E-state index contributed by atoms with van der Waals surface area (Å²) >= 11 is 0. The molecule has 0 fully saturated rings. The number of fused-ring (bicyclic) bond motifs is 1. The Morgan fingerprint density at radius 1 is 1.06 bits per heavy atom. The number of benzene rings is 2. The maximum Gasteiger partial charge on any atom is 0.303 e. The van der Waals surface area contributed by atoms with E-state index in [0.29, 0.717) is 6.42 Å². The van der Waals surface area contributed by atoms with Crippen LogP contribution in [0.4, 0.5) is 0 Å². The second-order valence-corrected chi connectivity index (χ2v) is 4.41. The summed E-state index contributed by atoms with van der Waals surface area (Å²) in [5.41, 5.74) is 2.10. The lowest BCUT2D eigenvalue weighted by Crippen LogP contribution is -1.94. The van der Waals surface area contributed by atoms with Crippen LogP contribution in [0.5, 0.6) is 0 Å². The number of carbonyl (C=O) groups is 1. The minimum atomic E-state index is -0.749. The van der Waals surface area contributed by atoms with E-state index in [-0.39, 0.29) is 6.42 Å². The Balaban J connectivity index is 2.10. The molecule has 0 amide bonds. The third kappa shape index (κ3) is 2.98. The van der Waals surface area contributed by atoms with Crippen LogP contribution in [0.15, 0.2) is 49.0 Å². The quantitative estimate of drug-likeness (QED) is 0.854. The van der Waals surface area contributed by atoms with Crippen molar-refractivity contribution < 1.29 is 9.90 Å². The predicted molar refractivity (Wildman–Crippen MR) is 74.5 cm³/mol. The summed E-state index contributed by atoms with van der Waals surface area (Å²) in [6, 6.07) is 14.4. The Kier molecular flexibility index (Phi) is 3.78. The number of aliphatic carboxylic acids is 1. The lowest BCUT2D eigenvalue weighted by atomic mass is 9.99. The molecule has 2 heteroatoms. The maximum atomic E-state index is 10.5. The number of hydrogen-bond acceptors (Lipinski definition) is 1. The van der Waals surface area contributed by atoms with Crippen molar-refractivity contribution in [3.05, 3.63) is 54.6 Å². The topological polar surface area (TPSA) is 37.3 Å². The summed E-state index contributed by atoms with van der Waals surface area (Å²) in [6.07, 6.45) is 1.57. The Morgan fingerprint density at radius 3 is 2.50 bits per heavy atom. The van der Waals surface area contributed by atoms with Crippen LogP contribution in [0.25, 0.3) is 16.3 Å². The highest BCUT2D eigenvalue weighted by Gasteiger charge is 2.02. The molecule has 0 saturated carbocycles. The van der Waals surface area contributed by atoms with E-state index in [1.807, 2.05) is 18.2 Å². The first-order valence-corrected chi connectivity index (χ1v) is 6.05. The van der Waals surface area contributed by atoms with Crippen molar-refractivity contribution in [3.63, 3.8) is 0 Å². The molecule has 18 heavy (non-hydrogen) atoms. The van der Waals surface area contributed by atoms with E-state index in [1.54, 1.807) is 0 Å². The van der Waals surface area contributed by atoms with Gasteiger partial charge in [-0.2, -0.15) is 0 Å². The standard InChI is InChI=1S/C16H16O2/c1-12(5-4-8-16(17)18)14-10-9-13-6-2-3-7-15(13)11-14/h2-3,6-7,9-11H,1,4-5,8H2,(H,17,18). The van der Waals surface area contributed by atoms with Gasteiger partial charge in [0.25, 0.3) is 0 Å². The van der Waals surface area contributed by atoms with Crippen LogP contribution in [-0.4, -0.2) is 11.1 Å². The van der Waals surface area contributed by atoms with E-state index in [9.17, 15) is 4.79 Å². The van der Waals surface area contributed by atoms with E-state index < -0.39 is 5.97 Å². The van der Waals surface area contributed by atoms with Crippen molar-refractivity contribution in [3.8, 4) is 0 Å². The van der Waals surface area contributed by atoms with Gasteiger partial charge in [-0.3, -0.25) is 4.79 Å². The van der Waals surface area contributed by atoms with Crippen LogP contribution in [0, 0.1) is 0 Å².